The number of carbonyl (C=O) groups is 1. The molecule has 134 valence electrons. The fourth-order valence-electron chi connectivity index (χ4n) is 2.47. The number of hydrogen-bond donors (Lipinski definition) is 1. The van der Waals surface area contributed by atoms with Crippen LogP contribution in [-0.4, -0.2) is 16.6 Å². The third kappa shape index (κ3) is 4.67. The monoisotopic (exact) mass is 392 g/mol. The van der Waals surface area contributed by atoms with E-state index >= 15 is 0 Å². The zero-order valence-electron chi connectivity index (χ0n) is 14.3. The van der Waals surface area contributed by atoms with E-state index in [9.17, 15) is 4.79 Å². The van der Waals surface area contributed by atoms with Gasteiger partial charge in [-0.2, -0.15) is 0 Å². The summed E-state index contributed by atoms with van der Waals surface area (Å²) in [6.07, 6.45) is 0. The van der Waals surface area contributed by atoms with Gasteiger partial charge in [-0.25, -0.2) is 4.98 Å². The van der Waals surface area contributed by atoms with Crippen LogP contribution in [-0.2, 0) is 4.79 Å². The number of benzene rings is 3. The number of amides is 1. The molecule has 4 rings (SSSR count). The van der Waals surface area contributed by atoms with E-state index in [1.807, 2.05) is 78.9 Å². The summed E-state index contributed by atoms with van der Waals surface area (Å²) >= 11 is 3.05. The molecule has 0 unspecified atom stereocenters. The Hall–Kier alpha value is -2.83. The normalized spacial score (nSPS) is 10.7. The molecule has 0 atom stereocenters. The number of hydrogen-bond acceptors (Lipinski definition) is 5. The number of rotatable bonds is 6. The maximum absolute atomic E-state index is 12.2. The molecule has 1 heterocycles. The van der Waals surface area contributed by atoms with Gasteiger partial charge in [-0.3, -0.25) is 4.79 Å². The van der Waals surface area contributed by atoms with E-state index in [4.69, 9.17) is 4.74 Å². The molecule has 0 spiro atoms. The van der Waals surface area contributed by atoms with Crippen LogP contribution in [0.2, 0.25) is 0 Å². The standard InChI is InChI=1S/C21H16N2O2S2/c24-20(14-26-21-23-18-8-4-5-9-19(18)27-21)22-15-10-12-17(13-11-15)25-16-6-2-1-3-7-16/h1-13H,14H2,(H,22,24). The fraction of sp³-hybridized carbons (Fsp3) is 0.0476. The van der Waals surface area contributed by atoms with Gasteiger partial charge in [0.25, 0.3) is 0 Å². The highest BCUT2D eigenvalue weighted by Crippen LogP contribution is 2.29. The van der Waals surface area contributed by atoms with Gasteiger partial charge < -0.3 is 10.1 Å². The van der Waals surface area contributed by atoms with Crippen molar-refractivity contribution in [2.24, 2.45) is 0 Å². The molecule has 6 heteroatoms. The van der Waals surface area contributed by atoms with Crippen LogP contribution in [0.15, 0.2) is 83.2 Å². The van der Waals surface area contributed by atoms with E-state index < -0.39 is 0 Å². The number of nitrogens with zero attached hydrogens (tertiary/aromatic N) is 1. The molecule has 0 aliphatic carbocycles. The van der Waals surface area contributed by atoms with Crippen molar-refractivity contribution in [3.8, 4) is 11.5 Å². The maximum Gasteiger partial charge on any atom is 0.234 e. The second kappa shape index (κ2) is 8.24. The van der Waals surface area contributed by atoms with Gasteiger partial charge in [-0.05, 0) is 48.5 Å². The lowest BCUT2D eigenvalue weighted by Crippen LogP contribution is -2.13. The fourth-order valence-corrected chi connectivity index (χ4v) is 4.34. The van der Waals surface area contributed by atoms with E-state index in [-0.39, 0.29) is 5.91 Å². The summed E-state index contributed by atoms with van der Waals surface area (Å²) in [4.78, 5) is 16.7. The number of carbonyl (C=O) groups excluding carboxylic acids is 1. The molecule has 4 nitrogen and oxygen atoms in total. The van der Waals surface area contributed by atoms with E-state index in [1.165, 1.54) is 11.8 Å². The maximum atomic E-state index is 12.2. The van der Waals surface area contributed by atoms with E-state index in [1.54, 1.807) is 11.3 Å². The van der Waals surface area contributed by atoms with Crippen molar-refractivity contribution in [1.29, 1.82) is 0 Å². The van der Waals surface area contributed by atoms with Crippen LogP contribution in [0, 0.1) is 0 Å². The summed E-state index contributed by atoms with van der Waals surface area (Å²) in [6.45, 7) is 0. The SMILES string of the molecule is O=C(CSc1nc2ccccc2s1)Nc1ccc(Oc2ccccc2)cc1. The quantitative estimate of drug-likeness (QED) is 0.420. The van der Waals surface area contributed by atoms with Gasteiger partial charge in [0.15, 0.2) is 4.34 Å². The molecule has 0 saturated heterocycles. The van der Waals surface area contributed by atoms with Crippen LogP contribution in [0.3, 0.4) is 0 Å². The molecule has 0 fully saturated rings. The van der Waals surface area contributed by atoms with Crippen LogP contribution in [0.5, 0.6) is 11.5 Å². The Labute approximate surface area is 165 Å². The molecule has 1 amide bonds. The first-order valence-corrected chi connectivity index (χ1v) is 10.2. The zero-order valence-corrected chi connectivity index (χ0v) is 15.9. The molecule has 1 aromatic heterocycles. The van der Waals surface area contributed by atoms with Gasteiger partial charge in [0.2, 0.25) is 5.91 Å². The van der Waals surface area contributed by atoms with Gasteiger partial charge in [0.05, 0.1) is 16.0 Å². The van der Waals surface area contributed by atoms with Gasteiger partial charge in [0, 0.05) is 5.69 Å². The third-order valence-corrected chi connectivity index (χ3v) is 5.90. The predicted octanol–water partition coefficient (Wildman–Crippen LogP) is 5.82. The number of thioether (sulfide) groups is 1. The second-order valence-corrected chi connectivity index (χ2v) is 7.98. The molecule has 4 aromatic rings. The number of ether oxygens (including phenoxy) is 1. The number of fused-ring (bicyclic) bond motifs is 1. The van der Waals surface area contributed by atoms with Gasteiger partial charge >= 0.3 is 0 Å². The summed E-state index contributed by atoms with van der Waals surface area (Å²) in [7, 11) is 0. The number of nitrogens with one attached hydrogen (secondary N) is 1. The molecular formula is C21H16N2O2S2. The smallest absolute Gasteiger partial charge is 0.234 e. The Morgan fingerprint density at radius 3 is 2.41 bits per heavy atom. The van der Waals surface area contributed by atoms with E-state index in [0.717, 1.165) is 31.7 Å². The molecule has 0 bridgehead atoms. The van der Waals surface area contributed by atoms with Crippen LogP contribution in [0.25, 0.3) is 10.2 Å². The van der Waals surface area contributed by atoms with Crippen molar-refractivity contribution in [3.63, 3.8) is 0 Å². The lowest BCUT2D eigenvalue weighted by atomic mass is 10.3. The predicted molar refractivity (Wildman–Crippen MR) is 112 cm³/mol. The molecule has 3 aromatic carbocycles. The second-order valence-electron chi connectivity index (χ2n) is 5.72. The van der Waals surface area contributed by atoms with Crippen molar-refractivity contribution in [2.45, 2.75) is 4.34 Å². The van der Waals surface area contributed by atoms with Crippen LogP contribution >= 0.6 is 23.1 Å². The Morgan fingerprint density at radius 2 is 1.63 bits per heavy atom. The van der Waals surface area contributed by atoms with Crippen molar-refractivity contribution >= 4 is 44.9 Å². The lowest BCUT2D eigenvalue weighted by molar-refractivity contribution is -0.113. The largest absolute Gasteiger partial charge is 0.457 e. The topological polar surface area (TPSA) is 51.2 Å². The molecule has 0 aliphatic heterocycles. The van der Waals surface area contributed by atoms with Gasteiger partial charge in [-0.15, -0.1) is 11.3 Å². The van der Waals surface area contributed by atoms with Crippen LogP contribution in [0.1, 0.15) is 0 Å². The van der Waals surface area contributed by atoms with Gasteiger partial charge in [-0.1, -0.05) is 42.1 Å². The Morgan fingerprint density at radius 1 is 0.926 bits per heavy atom. The Balaban J connectivity index is 1.31. The lowest BCUT2D eigenvalue weighted by Gasteiger charge is -2.07. The minimum absolute atomic E-state index is 0.0593. The zero-order chi connectivity index (χ0) is 18.5. The van der Waals surface area contributed by atoms with Crippen molar-refractivity contribution in [3.05, 3.63) is 78.9 Å². The number of anilines is 1. The molecule has 0 saturated carbocycles. The van der Waals surface area contributed by atoms with Crippen LogP contribution in [0.4, 0.5) is 5.69 Å². The van der Waals surface area contributed by atoms with E-state index in [2.05, 4.69) is 10.3 Å². The first-order chi connectivity index (χ1) is 13.3. The summed E-state index contributed by atoms with van der Waals surface area (Å²) in [6, 6.07) is 24.9. The van der Waals surface area contributed by atoms with Crippen molar-refractivity contribution in [2.75, 3.05) is 11.1 Å². The van der Waals surface area contributed by atoms with Crippen LogP contribution < -0.4 is 10.1 Å². The van der Waals surface area contributed by atoms with Crippen molar-refractivity contribution in [1.82, 2.24) is 4.98 Å². The molecule has 1 N–H and O–H groups in total. The molecular weight excluding hydrogens is 376 g/mol. The van der Waals surface area contributed by atoms with E-state index in [0.29, 0.717) is 5.75 Å². The number of para-hydroxylation sites is 2. The minimum atomic E-state index is -0.0593. The number of thiazole rings is 1. The Kier molecular flexibility index (Phi) is 5.37. The minimum Gasteiger partial charge on any atom is -0.457 e. The highest BCUT2D eigenvalue weighted by Gasteiger charge is 2.08. The summed E-state index contributed by atoms with van der Waals surface area (Å²) in [5.74, 6) is 1.77. The number of aromatic nitrogens is 1. The Bertz CT molecular complexity index is 1010. The highest BCUT2D eigenvalue weighted by atomic mass is 32.2. The first kappa shape index (κ1) is 17.6. The summed E-state index contributed by atoms with van der Waals surface area (Å²) < 4.78 is 7.78. The average molecular weight is 393 g/mol. The van der Waals surface area contributed by atoms with Gasteiger partial charge in [0.1, 0.15) is 11.5 Å². The molecule has 0 aliphatic rings. The average Bonchev–Trinajstić information content (AvgIpc) is 3.12. The summed E-state index contributed by atoms with van der Waals surface area (Å²) in [5, 5.41) is 2.90. The summed E-state index contributed by atoms with van der Waals surface area (Å²) in [5.41, 5.74) is 1.71. The highest BCUT2D eigenvalue weighted by molar-refractivity contribution is 8.01. The third-order valence-electron chi connectivity index (χ3n) is 3.72. The first-order valence-electron chi connectivity index (χ1n) is 8.37. The van der Waals surface area contributed by atoms with Crippen molar-refractivity contribution < 1.29 is 9.53 Å². The molecule has 0 radical (unpaired) electrons. The molecule has 27 heavy (non-hydrogen) atoms.